The predicted molar refractivity (Wildman–Crippen MR) is 132 cm³/mol. The zero-order valence-corrected chi connectivity index (χ0v) is 20.9. The van der Waals surface area contributed by atoms with Gasteiger partial charge in [-0.15, -0.1) is 0 Å². The minimum absolute atomic E-state index is 0.0446. The monoisotopic (exact) mass is 511 g/mol. The Hall–Kier alpha value is -3.92. The van der Waals surface area contributed by atoms with Crippen molar-refractivity contribution in [2.75, 3.05) is 6.54 Å². The molecule has 196 valence electrons. The summed E-state index contributed by atoms with van der Waals surface area (Å²) in [5, 5.41) is 13.3. The van der Waals surface area contributed by atoms with E-state index < -0.39 is 41.9 Å². The van der Waals surface area contributed by atoms with Gasteiger partial charge in [-0.1, -0.05) is 36.4 Å². The lowest BCUT2D eigenvalue weighted by molar-refractivity contribution is 0.00589. The van der Waals surface area contributed by atoms with Gasteiger partial charge in [-0.25, -0.2) is 19.0 Å². The molecule has 0 radical (unpaired) electrons. The molecule has 1 aliphatic rings. The van der Waals surface area contributed by atoms with Gasteiger partial charge in [0.15, 0.2) is 18.3 Å². The first kappa shape index (κ1) is 26.2. The number of rotatable bonds is 6. The van der Waals surface area contributed by atoms with Crippen LogP contribution in [0.3, 0.4) is 0 Å². The molecule has 1 fully saturated rings. The number of aliphatic hydroxyl groups excluding tert-OH is 1. The van der Waals surface area contributed by atoms with Crippen molar-refractivity contribution < 1.29 is 33.0 Å². The van der Waals surface area contributed by atoms with E-state index >= 15 is 0 Å². The van der Waals surface area contributed by atoms with Gasteiger partial charge >= 0.3 is 12.2 Å². The number of carbonyl (C=O) groups is 2. The molecule has 9 nitrogen and oxygen atoms in total. The van der Waals surface area contributed by atoms with Crippen molar-refractivity contribution in [1.82, 2.24) is 15.2 Å². The van der Waals surface area contributed by atoms with Crippen LogP contribution in [0.25, 0.3) is 11.3 Å². The Bertz CT molecular complexity index is 1210. The SMILES string of the molecule is CC(C)(C)OC(=O)N1C[C@H](O)[C@@H](OC(=O)NCc2cccc(F)c2)[C@H]1Cc1ccc(-c2cnco2)cc1. The molecule has 2 heterocycles. The van der Waals surface area contributed by atoms with E-state index in [-0.39, 0.29) is 13.1 Å². The first-order chi connectivity index (χ1) is 17.6. The van der Waals surface area contributed by atoms with Gasteiger partial charge in [-0.2, -0.15) is 0 Å². The molecule has 0 unspecified atom stereocenters. The van der Waals surface area contributed by atoms with Crippen molar-refractivity contribution in [2.24, 2.45) is 0 Å². The molecule has 1 aliphatic heterocycles. The molecule has 0 saturated carbocycles. The fourth-order valence-electron chi connectivity index (χ4n) is 4.18. The number of nitrogens with one attached hydrogen (secondary N) is 1. The van der Waals surface area contributed by atoms with Crippen molar-refractivity contribution >= 4 is 12.2 Å². The van der Waals surface area contributed by atoms with Gasteiger partial charge in [0.25, 0.3) is 0 Å². The maximum Gasteiger partial charge on any atom is 0.410 e. The maximum absolute atomic E-state index is 13.4. The van der Waals surface area contributed by atoms with E-state index in [0.717, 1.165) is 11.1 Å². The minimum atomic E-state index is -1.12. The Kier molecular flexibility index (Phi) is 7.77. The molecule has 3 aromatic rings. The van der Waals surface area contributed by atoms with E-state index in [1.54, 1.807) is 39.1 Å². The summed E-state index contributed by atoms with van der Waals surface area (Å²) >= 11 is 0. The average molecular weight is 512 g/mol. The number of oxazole rings is 1. The summed E-state index contributed by atoms with van der Waals surface area (Å²) in [6, 6.07) is 12.6. The number of aromatic nitrogens is 1. The van der Waals surface area contributed by atoms with Crippen LogP contribution in [0.5, 0.6) is 0 Å². The Morgan fingerprint density at radius 2 is 1.95 bits per heavy atom. The molecule has 4 rings (SSSR count). The number of β-amino-alcohol motifs (C(OH)–C–C–N with tert-alkyl or cyclic N) is 1. The number of alkyl carbamates (subject to hydrolysis) is 1. The number of hydrogen-bond acceptors (Lipinski definition) is 7. The number of hydrogen-bond donors (Lipinski definition) is 2. The van der Waals surface area contributed by atoms with Crippen LogP contribution in [0.2, 0.25) is 0 Å². The van der Waals surface area contributed by atoms with Gasteiger partial charge in [0.05, 0.1) is 18.8 Å². The van der Waals surface area contributed by atoms with Crippen LogP contribution in [-0.2, 0) is 22.4 Å². The highest BCUT2D eigenvalue weighted by atomic mass is 19.1. The molecule has 3 atom stereocenters. The third kappa shape index (κ3) is 6.85. The Balaban J connectivity index is 1.49. The van der Waals surface area contributed by atoms with Crippen LogP contribution < -0.4 is 5.32 Å². The lowest BCUT2D eigenvalue weighted by Gasteiger charge is -2.30. The zero-order chi connectivity index (χ0) is 26.6. The van der Waals surface area contributed by atoms with E-state index in [1.165, 1.54) is 23.4 Å². The normalized spacial score (nSPS) is 19.5. The Morgan fingerprint density at radius 1 is 1.19 bits per heavy atom. The minimum Gasteiger partial charge on any atom is -0.444 e. The van der Waals surface area contributed by atoms with Gasteiger partial charge in [0.2, 0.25) is 0 Å². The van der Waals surface area contributed by atoms with Crippen LogP contribution in [0.4, 0.5) is 14.0 Å². The van der Waals surface area contributed by atoms with E-state index in [1.807, 2.05) is 24.3 Å². The summed E-state index contributed by atoms with van der Waals surface area (Å²) in [7, 11) is 0. The maximum atomic E-state index is 13.4. The predicted octanol–water partition coefficient (Wildman–Crippen LogP) is 4.30. The van der Waals surface area contributed by atoms with E-state index in [0.29, 0.717) is 17.7 Å². The fourth-order valence-corrected chi connectivity index (χ4v) is 4.18. The fraction of sp³-hybridized carbons (Fsp3) is 0.370. The molecule has 1 saturated heterocycles. The topological polar surface area (TPSA) is 114 Å². The van der Waals surface area contributed by atoms with E-state index in [4.69, 9.17) is 13.9 Å². The highest BCUT2D eigenvalue weighted by Gasteiger charge is 2.47. The highest BCUT2D eigenvalue weighted by molar-refractivity contribution is 5.70. The number of likely N-dealkylation sites (tertiary alicyclic amines) is 1. The molecule has 0 aliphatic carbocycles. The van der Waals surface area contributed by atoms with Gasteiger partial charge in [0, 0.05) is 12.1 Å². The van der Waals surface area contributed by atoms with Gasteiger partial charge < -0.3 is 24.3 Å². The van der Waals surface area contributed by atoms with Crippen molar-refractivity contribution in [1.29, 1.82) is 0 Å². The van der Waals surface area contributed by atoms with Gasteiger partial charge in [0.1, 0.15) is 17.5 Å². The molecule has 2 N–H and O–H groups in total. The summed E-state index contributed by atoms with van der Waals surface area (Å²) in [5.74, 6) is 0.204. The van der Waals surface area contributed by atoms with Gasteiger partial charge in [-0.05, 0) is 50.5 Å². The first-order valence-corrected chi connectivity index (χ1v) is 11.9. The van der Waals surface area contributed by atoms with Crippen LogP contribution in [0, 0.1) is 5.82 Å². The molecule has 2 aromatic carbocycles. The quantitative estimate of drug-likeness (QED) is 0.507. The van der Waals surface area contributed by atoms with Gasteiger partial charge in [-0.3, -0.25) is 4.90 Å². The summed E-state index contributed by atoms with van der Waals surface area (Å²) in [4.78, 5) is 30.9. The highest BCUT2D eigenvalue weighted by Crippen LogP contribution is 2.28. The number of aliphatic hydroxyl groups is 1. The average Bonchev–Trinajstić information content (AvgIpc) is 3.47. The van der Waals surface area contributed by atoms with Crippen molar-refractivity contribution in [3.63, 3.8) is 0 Å². The number of carbonyl (C=O) groups excluding carboxylic acids is 2. The number of benzene rings is 2. The lowest BCUT2D eigenvalue weighted by Crippen LogP contribution is -2.46. The van der Waals surface area contributed by atoms with Crippen LogP contribution in [0.1, 0.15) is 31.9 Å². The third-order valence-corrected chi connectivity index (χ3v) is 5.86. The Labute approximate surface area is 214 Å². The second-order valence-corrected chi connectivity index (χ2v) is 9.89. The standard InChI is InChI=1S/C27H30FN3O6/c1-27(2,3)37-26(34)31-15-22(32)24(36-25(33)30-13-18-5-4-6-20(28)11-18)21(31)12-17-7-9-19(10-8-17)23-14-29-16-35-23/h4-11,14,16,21-22,24,32H,12-13,15H2,1-3H3,(H,30,33)/t21-,22+,24+/m1/s1. The Morgan fingerprint density at radius 3 is 2.59 bits per heavy atom. The van der Waals surface area contributed by atoms with Crippen LogP contribution in [0.15, 0.2) is 65.5 Å². The summed E-state index contributed by atoms with van der Waals surface area (Å²) in [5.41, 5.74) is 1.50. The summed E-state index contributed by atoms with van der Waals surface area (Å²) in [6.07, 6.45) is -0.261. The largest absolute Gasteiger partial charge is 0.444 e. The summed E-state index contributed by atoms with van der Waals surface area (Å²) < 4.78 is 29.9. The van der Waals surface area contributed by atoms with E-state index in [2.05, 4.69) is 10.3 Å². The number of amides is 2. The number of nitrogens with zero attached hydrogens (tertiary/aromatic N) is 2. The molecule has 10 heteroatoms. The zero-order valence-electron chi connectivity index (χ0n) is 20.9. The summed E-state index contributed by atoms with van der Waals surface area (Å²) in [6.45, 7) is 5.24. The second-order valence-electron chi connectivity index (χ2n) is 9.89. The third-order valence-electron chi connectivity index (χ3n) is 5.86. The molecule has 0 bridgehead atoms. The number of ether oxygens (including phenoxy) is 2. The molecule has 1 aromatic heterocycles. The van der Waals surface area contributed by atoms with Crippen molar-refractivity contribution in [3.05, 3.63) is 78.1 Å². The van der Waals surface area contributed by atoms with Crippen molar-refractivity contribution in [2.45, 2.75) is 57.6 Å². The van der Waals surface area contributed by atoms with Crippen LogP contribution in [-0.4, -0.2) is 57.6 Å². The molecule has 2 amide bonds. The van der Waals surface area contributed by atoms with E-state index in [9.17, 15) is 19.1 Å². The number of halogens is 1. The molecular formula is C27H30FN3O6. The van der Waals surface area contributed by atoms with Crippen molar-refractivity contribution in [3.8, 4) is 11.3 Å². The lowest BCUT2D eigenvalue weighted by atomic mass is 9.99. The molecule has 0 spiro atoms. The molecule has 37 heavy (non-hydrogen) atoms. The van der Waals surface area contributed by atoms with Crippen LogP contribution >= 0.6 is 0 Å². The smallest absolute Gasteiger partial charge is 0.410 e. The molecular weight excluding hydrogens is 481 g/mol. The first-order valence-electron chi connectivity index (χ1n) is 11.9. The second kappa shape index (κ2) is 11.0.